The van der Waals surface area contributed by atoms with E-state index in [2.05, 4.69) is 24.5 Å². The van der Waals surface area contributed by atoms with E-state index < -0.39 is 0 Å². The summed E-state index contributed by atoms with van der Waals surface area (Å²) in [6.45, 7) is 6.51. The molecular formula is C13H26N2S. The average Bonchev–Trinajstić information content (AvgIpc) is 2.34. The second kappa shape index (κ2) is 7.88. The number of hydrogen-bond acceptors (Lipinski definition) is 1. The van der Waals surface area contributed by atoms with Gasteiger partial charge in [-0.3, -0.25) is 0 Å². The van der Waals surface area contributed by atoms with E-state index in [-0.39, 0.29) is 0 Å². The summed E-state index contributed by atoms with van der Waals surface area (Å²) in [5, 5.41) is 7.39. The van der Waals surface area contributed by atoms with Crippen molar-refractivity contribution >= 4 is 17.3 Å². The number of thiocarbonyl (C=S) groups is 1. The first-order valence-corrected chi connectivity index (χ1v) is 7.18. The van der Waals surface area contributed by atoms with Crippen LogP contribution in [0, 0.1) is 11.8 Å². The SMILES string of the molecule is CCCNC(=S)NCC1CCC(CC)CC1. The summed E-state index contributed by atoms with van der Waals surface area (Å²) in [7, 11) is 0. The maximum absolute atomic E-state index is 5.21. The molecule has 1 rings (SSSR count). The van der Waals surface area contributed by atoms with E-state index in [0.717, 1.165) is 36.5 Å². The molecule has 1 aliphatic carbocycles. The Hall–Kier alpha value is -0.310. The molecule has 1 aliphatic rings. The van der Waals surface area contributed by atoms with E-state index in [1.165, 1.54) is 32.1 Å². The summed E-state index contributed by atoms with van der Waals surface area (Å²) in [5.41, 5.74) is 0. The van der Waals surface area contributed by atoms with Gasteiger partial charge in [0.2, 0.25) is 0 Å². The Balaban J connectivity index is 2.07. The lowest BCUT2D eigenvalue weighted by molar-refractivity contribution is 0.269. The molecule has 0 atom stereocenters. The van der Waals surface area contributed by atoms with Crippen LogP contribution in [0.3, 0.4) is 0 Å². The van der Waals surface area contributed by atoms with Crippen molar-refractivity contribution in [2.24, 2.45) is 11.8 Å². The quantitative estimate of drug-likeness (QED) is 0.725. The van der Waals surface area contributed by atoms with Crippen LogP contribution in [0.4, 0.5) is 0 Å². The third kappa shape index (κ3) is 5.15. The minimum absolute atomic E-state index is 0.833. The van der Waals surface area contributed by atoms with Crippen LogP contribution in [0.25, 0.3) is 0 Å². The van der Waals surface area contributed by atoms with Gasteiger partial charge in [0, 0.05) is 13.1 Å². The van der Waals surface area contributed by atoms with Gasteiger partial charge in [-0.25, -0.2) is 0 Å². The highest BCUT2D eigenvalue weighted by Crippen LogP contribution is 2.29. The van der Waals surface area contributed by atoms with Crippen LogP contribution >= 0.6 is 12.2 Å². The molecule has 0 bridgehead atoms. The van der Waals surface area contributed by atoms with E-state index in [4.69, 9.17) is 12.2 Å². The first-order chi connectivity index (χ1) is 7.76. The first-order valence-electron chi connectivity index (χ1n) is 6.77. The maximum Gasteiger partial charge on any atom is 0.166 e. The van der Waals surface area contributed by atoms with Gasteiger partial charge in [-0.1, -0.05) is 33.1 Å². The molecule has 1 fully saturated rings. The molecule has 0 spiro atoms. The van der Waals surface area contributed by atoms with Gasteiger partial charge in [0.1, 0.15) is 0 Å². The van der Waals surface area contributed by atoms with Crippen LogP contribution in [0.15, 0.2) is 0 Å². The highest BCUT2D eigenvalue weighted by atomic mass is 32.1. The standard InChI is InChI=1S/C13H26N2S/c1-3-9-14-13(16)15-10-12-7-5-11(4-2)6-8-12/h11-12H,3-10H2,1-2H3,(H2,14,15,16). The Morgan fingerprint density at radius 2 is 1.69 bits per heavy atom. The van der Waals surface area contributed by atoms with Crippen LogP contribution in [-0.2, 0) is 0 Å². The van der Waals surface area contributed by atoms with Crippen molar-refractivity contribution in [3.05, 3.63) is 0 Å². The second-order valence-corrected chi connectivity index (χ2v) is 5.34. The molecule has 0 amide bonds. The monoisotopic (exact) mass is 242 g/mol. The Kier molecular flexibility index (Phi) is 6.78. The average molecular weight is 242 g/mol. The molecule has 0 aromatic rings. The number of rotatable bonds is 5. The summed E-state index contributed by atoms with van der Waals surface area (Å²) >= 11 is 5.21. The zero-order chi connectivity index (χ0) is 11.8. The lowest BCUT2D eigenvalue weighted by atomic mass is 9.81. The molecule has 0 unspecified atom stereocenters. The molecule has 0 saturated heterocycles. The number of hydrogen-bond donors (Lipinski definition) is 2. The molecule has 0 aromatic carbocycles. The van der Waals surface area contributed by atoms with E-state index >= 15 is 0 Å². The van der Waals surface area contributed by atoms with Gasteiger partial charge >= 0.3 is 0 Å². The molecule has 16 heavy (non-hydrogen) atoms. The van der Waals surface area contributed by atoms with Gasteiger partial charge in [-0.05, 0) is 43.3 Å². The summed E-state index contributed by atoms with van der Waals surface area (Å²) in [5.74, 6) is 1.82. The van der Waals surface area contributed by atoms with Gasteiger partial charge < -0.3 is 10.6 Å². The molecule has 0 aromatic heterocycles. The Labute approximate surface area is 106 Å². The van der Waals surface area contributed by atoms with Crippen LogP contribution < -0.4 is 10.6 Å². The molecule has 0 heterocycles. The normalized spacial score (nSPS) is 25.1. The molecule has 0 aliphatic heterocycles. The summed E-state index contributed by atoms with van der Waals surface area (Å²) < 4.78 is 0. The van der Waals surface area contributed by atoms with Gasteiger partial charge in [0.25, 0.3) is 0 Å². The minimum Gasteiger partial charge on any atom is -0.363 e. The van der Waals surface area contributed by atoms with Crippen molar-refractivity contribution in [3.8, 4) is 0 Å². The lowest BCUT2D eigenvalue weighted by Gasteiger charge is -2.28. The largest absolute Gasteiger partial charge is 0.363 e. The summed E-state index contributed by atoms with van der Waals surface area (Å²) in [4.78, 5) is 0. The molecule has 2 N–H and O–H groups in total. The van der Waals surface area contributed by atoms with E-state index in [0.29, 0.717) is 0 Å². The minimum atomic E-state index is 0.833. The van der Waals surface area contributed by atoms with E-state index in [9.17, 15) is 0 Å². The predicted molar refractivity (Wildman–Crippen MR) is 74.6 cm³/mol. The second-order valence-electron chi connectivity index (χ2n) is 4.93. The van der Waals surface area contributed by atoms with Crippen molar-refractivity contribution in [3.63, 3.8) is 0 Å². The van der Waals surface area contributed by atoms with Crippen molar-refractivity contribution < 1.29 is 0 Å². The molecule has 2 nitrogen and oxygen atoms in total. The topological polar surface area (TPSA) is 24.1 Å². The van der Waals surface area contributed by atoms with E-state index in [1.807, 2.05) is 0 Å². The van der Waals surface area contributed by atoms with Crippen molar-refractivity contribution in [2.75, 3.05) is 13.1 Å². The van der Waals surface area contributed by atoms with Crippen LogP contribution in [0.5, 0.6) is 0 Å². The molecule has 3 heteroatoms. The smallest absolute Gasteiger partial charge is 0.166 e. The molecule has 0 radical (unpaired) electrons. The summed E-state index contributed by atoms with van der Waals surface area (Å²) in [6, 6.07) is 0. The Bertz CT molecular complexity index is 198. The molecule has 94 valence electrons. The maximum atomic E-state index is 5.21. The Morgan fingerprint density at radius 1 is 1.06 bits per heavy atom. The molecule has 1 saturated carbocycles. The fourth-order valence-electron chi connectivity index (χ4n) is 2.38. The molecular weight excluding hydrogens is 216 g/mol. The lowest BCUT2D eigenvalue weighted by Crippen LogP contribution is -2.39. The van der Waals surface area contributed by atoms with Gasteiger partial charge in [0.05, 0.1) is 0 Å². The van der Waals surface area contributed by atoms with Crippen LogP contribution in [-0.4, -0.2) is 18.2 Å². The number of nitrogens with one attached hydrogen (secondary N) is 2. The van der Waals surface area contributed by atoms with Crippen molar-refractivity contribution in [1.29, 1.82) is 0 Å². The fraction of sp³-hybridized carbons (Fsp3) is 0.923. The summed E-state index contributed by atoms with van der Waals surface area (Å²) in [6.07, 6.45) is 8.07. The Morgan fingerprint density at radius 3 is 2.25 bits per heavy atom. The predicted octanol–water partition coefficient (Wildman–Crippen LogP) is 3.08. The van der Waals surface area contributed by atoms with Crippen LogP contribution in [0.2, 0.25) is 0 Å². The highest BCUT2D eigenvalue weighted by Gasteiger charge is 2.19. The third-order valence-electron chi connectivity index (χ3n) is 3.63. The third-order valence-corrected chi connectivity index (χ3v) is 3.92. The van der Waals surface area contributed by atoms with E-state index in [1.54, 1.807) is 0 Å². The zero-order valence-electron chi connectivity index (χ0n) is 10.7. The van der Waals surface area contributed by atoms with Crippen molar-refractivity contribution in [1.82, 2.24) is 10.6 Å². The van der Waals surface area contributed by atoms with Crippen LogP contribution in [0.1, 0.15) is 52.4 Å². The van der Waals surface area contributed by atoms with Gasteiger partial charge in [-0.15, -0.1) is 0 Å². The fourth-order valence-corrected chi connectivity index (χ4v) is 2.57. The highest BCUT2D eigenvalue weighted by molar-refractivity contribution is 7.80. The first kappa shape index (κ1) is 13.8. The zero-order valence-corrected chi connectivity index (χ0v) is 11.5. The van der Waals surface area contributed by atoms with Gasteiger partial charge in [0.15, 0.2) is 5.11 Å². The van der Waals surface area contributed by atoms with Gasteiger partial charge in [-0.2, -0.15) is 0 Å². The van der Waals surface area contributed by atoms with Crippen molar-refractivity contribution in [2.45, 2.75) is 52.4 Å².